The second-order valence-electron chi connectivity index (χ2n) is 8.92. The van der Waals surface area contributed by atoms with E-state index >= 15 is 0 Å². The Morgan fingerprint density at radius 1 is 1.17 bits per heavy atom. The average Bonchev–Trinajstić information content (AvgIpc) is 2.59. The van der Waals surface area contributed by atoms with E-state index in [1.54, 1.807) is 4.90 Å². The maximum atomic E-state index is 12.2. The van der Waals surface area contributed by atoms with Crippen LogP contribution in [-0.4, -0.2) is 52.7 Å². The van der Waals surface area contributed by atoms with E-state index in [1.807, 2.05) is 32.9 Å². The molecule has 1 aromatic carbocycles. The minimum atomic E-state index is -0.465. The third-order valence-corrected chi connectivity index (χ3v) is 6.88. The van der Waals surface area contributed by atoms with Crippen molar-refractivity contribution < 1.29 is 9.53 Å². The molecule has 0 bridgehead atoms. The second-order valence-corrected chi connectivity index (χ2v) is 10.5. The molecule has 2 aromatic rings. The zero-order chi connectivity index (χ0) is 21.0. The summed E-state index contributed by atoms with van der Waals surface area (Å²) in [4.78, 5) is 25.1. The van der Waals surface area contributed by atoms with Gasteiger partial charge in [-0.25, -0.2) is 9.78 Å². The van der Waals surface area contributed by atoms with E-state index in [-0.39, 0.29) is 16.8 Å². The Balaban J connectivity index is 1.46. The lowest BCUT2D eigenvalue weighted by molar-refractivity contribution is -0.0434. The number of rotatable bonds is 1. The summed E-state index contributed by atoms with van der Waals surface area (Å²) in [6, 6.07) is 3.75. The Morgan fingerprint density at radius 3 is 2.45 bits per heavy atom. The maximum Gasteiger partial charge on any atom is 0.410 e. The molecule has 2 aliphatic rings. The first kappa shape index (κ1) is 20.9. The van der Waals surface area contributed by atoms with Gasteiger partial charge in [-0.05, 0) is 73.3 Å². The molecule has 0 atom stereocenters. The largest absolute Gasteiger partial charge is 0.444 e. The highest BCUT2D eigenvalue weighted by molar-refractivity contribution is 9.10. The number of ether oxygens (including phenoxy) is 1. The lowest BCUT2D eigenvalue weighted by Gasteiger charge is -2.53. The number of likely N-dealkylation sites (tertiary alicyclic amines) is 1. The van der Waals surface area contributed by atoms with Gasteiger partial charge in [0, 0.05) is 41.5 Å². The highest BCUT2D eigenvalue weighted by atomic mass is 79.9. The van der Waals surface area contributed by atoms with Crippen molar-refractivity contribution >= 4 is 61.9 Å². The fourth-order valence-electron chi connectivity index (χ4n) is 4.05. The van der Waals surface area contributed by atoms with Crippen LogP contribution in [0.1, 0.15) is 33.6 Å². The normalized spacial score (nSPS) is 18.8. The van der Waals surface area contributed by atoms with Crippen LogP contribution >= 0.6 is 39.1 Å². The van der Waals surface area contributed by atoms with E-state index in [9.17, 15) is 4.79 Å². The van der Waals surface area contributed by atoms with Crippen LogP contribution in [0, 0.1) is 5.41 Å². The van der Waals surface area contributed by atoms with Crippen LogP contribution in [0.2, 0.25) is 10.3 Å². The molecule has 156 valence electrons. The van der Waals surface area contributed by atoms with Crippen LogP contribution in [0.3, 0.4) is 0 Å². The number of nitrogens with zero attached hydrogens (tertiary/aromatic N) is 4. The Morgan fingerprint density at radius 2 is 1.83 bits per heavy atom. The first-order valence-electron chi connectivity index (χ1n) is 9.60. The van der Waals surface area contributed by atoms with Crippen LogP contribution in [0.25, 0.3) is 10.9 Å². The van der Waals surface area contributed by atoms with Crippen LogP contribution < -0.4 is 4.90 Å². The van der Waals surface area contributed by atoms with E-state index in [2.05, 4.69) is 30.8 Å². The molecule has 1 amide bonds. The first-order valence-corrected chi connectivity index (χ1v) is 11.2. The number of fused-ring (bicyclic) bond motifs is 1. The number of piperidine rings is 1. The van der Waals surface area contributed by atoms with E-state index in [0.717, 1.165) is 60.2 Å². The molecule has 0 aliphatic carbocycles. The Labute approximate surface area is 188 Å². The van der Waals surface area contributed by atoms with Crippen LogP contribution in [0.15, 0.2) is 16.6 Å². The molecule has 6 nitrogen and oxygen atoms in total. The summed E-state index contributed by atoms with van der Waals surface area (Å²) < 4.78 is 6.26. The van der Waals surface area contributed by atoms with Crippen molar-refractivity contribution in [2.24, 2.45) is 5.41 Å². The molecular formula is C20H23BrCl2N4O2. The van der Waals surface area contributed by atoms with Crippen molar-refractivity contribution in [1.29, 1.82) is 0 Å². The predicted molar refractivity (Wildman–Crippen MR) is 119 cm³/mol. The van der Waals surface area contributed by atoms with Gasteiger partial charge in [0.05, 0.1) is 10.5 Å². The smallest absolute Gasteiger partial charge is 0.410 e. The van der Waals surface area contributed by atoms with Gasteiger partial charge < -0.3 is 14.5 Å². The molecule has 2 saturated heterocycles. The highest BCUT2D eigenvalue weighted by Crippen LogP contribution is 2.43. The molecule has 2 fully saturated rings. The summed E-state index contributed by atoms with van der Waals surface area (Å²) in [6.45, 7) is 8.86. The fourth-order valence-corrected chi connectivity index (χ4v) is 4.72. The molecule has 0 unspecified atom stereocenters. The van der Waals surface area contributed by atoms with E-state index in [1.165, 1.54) is 0 Å². The molecule has 29 heavy (non-hydrogen) atoms. The SMILES string of the molecule is CC(C)(C)OC(=O)N1CC2(CCN(c3nc(Cl)nc4cc(Br)c(Cl)cc34)CC2)C1. The third kappa shape index (κ3) is 4.28. The lowest BCUT2D eigenvalue weighted by Crippen LogP contribution is -2.62. The van der Waals surface area contributed by atoms with Gasteiger partial charge in [0.25, 0.3) is 0 Å². The number of hydrogen-bond donors (Lipinski definition) is 0. The quantitative estimate of drug-likeness (QED) is 0.480. The minimum Gasteiger partial charge on any atom is -0.444 e. The zero-order valence-corrected chi connectivity index (χ0v) is 19.7. The number of hydrogen-bond acceptors (Lipinski definition) is 5. The van der Waals surface area contributed by atoms with Crippen molar-refractivity contribution in [2.75, 3.05) is 31.1 Å². The number of amides is 1. The standard InChI is InChI=1S/C20H23BrCl2N4O2/c1-19(2,3)29-18(28)27-10-20(11-27)4-6-26(7-5-20)16-12-8-14(22)13(21)9-15(12)24-17(23)25-16/h8-9H,4-7,10-11H2,1-3H3. The van der Waals surface area contributed by atoms with Gasteiger partial charge in [-0.1, -0.05) is 11.6 Å². The number of anilines is 1. The van der Waals surface area contributed by atoms with Gasteiger partial charge in [-0.2, -0.15) is 4.98 Å². The first-order chi connectivity index (χ1) is 13.6. The molecule has 1 aromatic heterocycles. The number of benzene rings is 1. The molecule has 3 heterocycles. The van der Waals surface area contributed by atoms with Gasteiger partial charge in [0.2, 0.25) is 5.28 Å². The van der Waals surface area contributed by atoms with Crippen LogP contribution in [0.5, 0.6) is 0 Å². The summed E-state index contributed by atoms with van der Waals surface area (Å²) in [6.07, 6.45) is 1.75. The molecule has 9 heteroatoms. The summed E-state index contributed by atoms with van der Waals surface area (Å²) in [7, 11) is 0. The Bertz CT molecular complexity index is 963. The predicted octanol–water partition coefficient (Wildman–Crippen LogP) is 5.54. The van der Waals surface area contributed by atoms with Crippen molar-refractivity contribution in [3.05, 3.63) is 26.9 Å². The molecule has 1 spiro atoms. The van der Waals surface area contributed by atoms with Crippen molar-refractivity contribution in [1.82, 2.24) is 14.9 Å². The van der Waals surface area contributed by atoms with Crippen LogP contribution in [-0.2, 0) is 4.74 Å². The zero-order valence-electron chi connectivity index (χ0n) is 16.6. The molecule has 0 saturated carbocycles. The summed E-state index contributed by atoms with van der Waals surface area (Å²) in [5.41, 5.74) is 0.462. The summed E-state index contributed by atoms with van der Waals surface area (Å²) in [5, 5.41) is 1.73. The van der Waals surface area contributed by atoms with Crippen molar-refractivity contribution in [3.8, 4) is 0 Å². The molecular weight excluding hydrogens is 479 g/mol. The monoisotopic (exact) mass is 500 g/mol. The number of carbonyl (C=O) groups excluding carboxylic acids is 1. The maximum absolute atomic E-state index is 12.2. The van der Waals surface area contributed by atoms with E-state index < -0.39 is 5.60 Å². The molecule has 0 radical (unpaired) electrons. The Hall–Kier alpha value is -1.31. The van der Waals surface area contributed by atoms with Gasteiger partial charge in [-0.3, -0.25) is 0 Å². The topological polar surface area (TPSA) is 58.6 Å². The second kappa shape index (κ2) is 7.43. The number of carbonyl (C=O) groups is 1. The minimum absolute atomic E-state index is 0.167. The third-order valence-electron chi connectivity index (χ3n) is 5.52. The van der Waals surface area contributed by atoms with Crippen LogP contribution in [0.4, 0.5) is 10.6 Å². The highest BCUT2D eigenvalue weighted by Gasteiger charge is 2.48. The molecule has 4 rings (SSSR count). The average molecular weight is 502 g/mol. The fraction of sp³-hybridized carbons (Fsp3) is 0.550. The van der Waals surface area contributed by atoms with E-state index in [0.29, 0.717) is 5.02 Å². The van der Waals surface area contributed by atoms with Gasteiger partial charge in [0.15, 0.2) is 0 Å². The summed E-state index contributed by atoms with van der Waals surface area (Å²) >= 11 is 15.9. The lowest BCUT2D eigenvalue weighted by atomic mass is 9.72. The van der Waals surface area contributed by atoms with Gasteiger partial charge in [-0.15, -0.1) is 0 Å². The number of aromatic nitrogens is 2. The van der Waals surface area contributed by atoms with Gasteiger partial charge in [0.1, 0.15) is 11.4 Å². The van der Waals surface area contributed by atoms with Crippen molar-refractivity contribution in [3.63, 3.8) is 0 Å². The van der Waals surface area contributed by atoms with Gasteiger partial charge >= 0.3 is 6.09 Å². The van der Waals surface area contributed by atoms with E-state index in [4.69, 9.17) is 27.9 Å². The van der Waals surface area contributed by atoms with Crippen molar-refractivity contribution in [2.45, 2.75) is 39.2 Å². The molecule has 2 aliphatic heterocycles. The number of halogens is 3. The Kier molecular flexibility index (Phi) is 5.37. The molecule has 0 N–H and O–H groups in total. The summed E-state index contributed by atoms with van der Waals surface area (Å²) in [5.74, 6) is 0.813.